The maximum Gasteiger partial charge on any atom is 0.419 e. The first-order valence-corrected chi connectivity index (χ1v) is 9.10. The SMILES string of the molecule is C=C(F)C=O.CN1CCC(OCc2ccc(C(F)(F)F)c(F)c2)C1.Nc1ncc(F)cn1. The number of benzene rings is 1. The van der Waals surface area contributed by atoms with E-state index in [0.29, 0.717) is 5.56 Å². The number of ether oxygens (including phenoxy) is 1. The van der Waals surface area contributed by atoms with E-state index in [1.54, 1.807) is 0 Å². The largest absolute Gasteiger partial charge is 0.419 e. The van der Waals surface area contributed by atoms with Crippen LogP contribution in [0.15, 0.2) is 43.0 Å². The lowest BCUT2D eigenvalue weighted by molar-refractivity contribution is -0.140. The minimum absolute atomic E-state index is 0.0556. The van der Waals surface area contributed by atoms with Gasteiger partial charge in [0.2, 0.25) is 5.95 Å². The van der Waals surface area contributed by atoms with Gasteiger partial charge in [-0.2, -0.15) is 13.2 Å². The van der Waals surface area contributed by atoms with Crippen molar-refractivity contribution in [2.24, 2.45) is 0 Å². The van der Waals surface area contributed by atoms with Gasteiger partial charge in [0.05, 0.1) is 30.7 Å². The minimum Gasteiger partial charge on any atom is -0.372 e. The van der Waals surface area contributed by atoms with Crippen molar-refractivity contribution in [2.45, 2.75) is 25.3 Å². The van der Waals surface area contributed by atoms with Gasteiger partial charge in [-0.1, -0.05) is 12.6 Å². The van der Waals surface area contributed by atoms with E-state index in [1.807, 2.05) is 7.05 Å². The molecule has 1 aromatic carbocycles. The number of rotatable bonds is 4. The molecule has 1 saturated heterocycles. The van der Waals surface area contributed by atoms with E-state index >= 15 is 0 Å². The Hall–Kier alpha value is -2.99. The second kappa shape index (κ2) is 12.8. The van der Waals surface area contributed by atoms with Crippen molar-refractivity contribution in [3.05, 3.63) is 65.8 Å². The zero-order valence-electron chi connectivity index (χ0n) is 17.1. The maximum atomic E-state index is 13.3. The van der Waals surface area contributed by atoms with Gasteiger partial charge in [-0.15, -0.1) is 0 Å². The number of carbonyl (C=O) groups excluding carboxylic acids is 1. The number of hydrogen-bond donors (Lipinski definition) is 1. The molecule has 12 heteroatoms. The van der Waals surface area contributed by atoms with Gasteiger partial charge in [0, 0.05) is 13.1 Å². The van der Waals surface area contributed by atoms with Crippen LogP contribution >= 0.6 is 0 Å². The van der Waals surface area contributed by atoms with Crippen molar-refractivity contribution in [2.75, 3.05) is 25.9 Å². The highest BCUT2D eigenvalue weighted by molar-refractivity contribution is 5.68. The number of nitrogens with two attached hydrogens (primary N) is 1. The number of likely N-dealkylation sites (N-methyl/N-ethyl adjacent to an activating group) is 1. The van der Waals surface area contributed by atoms with Crippen LogP contribution in [0.25, 0.3) is 0 Å². The van der Waals surface area contributed by atoms with Crippen LogP contribution in [0.2, 0.25) is 0 Å². The molecule has 32 heavy (non-hydrogen) atoms. The molecule has 2 aromatic rings. The molecule has 1 aliphatic heterocycles. The first-order valence-electron chi connectivity index (χ1n) is 9.10. The molecule has 1 aromatic heterocycles. The predicted octanol–water partition coefficient (Wildman–Crippen LogP) is 3.93. The number of anilines is 1. The quantitative estimate of drug-likeness (QED) is 0.420. The standard InChI is InChI=1S/C13H15F4NO.C4H4FN3.C3H3FO/c1-18-5-4-10(7-18)19-8-9-2-3-11(12(14)6-9)13(15,16)17;5-3-1-7-4(6)8-2-3;1-3(4)2-5/h2-3,6,10H,4-5,7-8H2,1H3;1-2H,(H2,6,7,8);2H,1H2. The highest BCUT2D eigenvalue weighted by Crippen LogP contribution is 2.31. The molecule has 1 fully saturated rings. The fourth-order valence-electron chi connectivity index (χ4n) is 2.45. The van der Waals surface area contributed by atoms with Crippen LogP contribution in [0.3, 0.4) is 0 Å². The molecule has 0 spiro atoms. The first kappa shape index (κ1) is 27.0. The molecule has 176 valence electrons. The molecule has 0 amide bonds. The van der Waals surface area contributed by atoms with Crippen molar-refractivity contribution < 1.29 is 35.9 Å². The summed E-state index contributed by atoms with van der Waals surface area (Å²) in [7, 11) is 1.97. The Kier molecular flexibility index (Phi) is 10.8. The Labute approximate surface area is 180 Å². The summed E-state index contributed by atoms with van der Waals surface area (Å²) in [6.45, 7) is 4.50. The van der Waals surface area contributed by atoms with Gasteiger partial charge in [0.1, 0.15) is 5.82 Å². The number of aromatic nitrogens is 2. The van der Waals surface area contributed by atoms with Gasteiger partial charge >= 0.3 is 6.18 Å². The van der Waals surface area contributed by atoms with Gasteiger partial charge in [0.15, 0.2) is 17.9 Å². The van der Waals surface area contributed by atoms with Gasteiger partial charge in [-0.25, -0.2) is 23.1 Å². The van der Waals surface area contributed by atoms with Crippen LogP contribution in [0.5, 0.6) is 0 Å². The summed E-state index contributed by atoms with van der Waals surface area (Å²) in [5.74, 6) is -2.56. The van der Waals surface area contributed by atoms with Crippen LogP contribution in [-0.2, 0) is 22.3 Å². The third kappa shape index (κ3) is 10.4. The molecular formula is C20H22F6N4O2. The molecule has 2 heterocycles. The van der Waals surface area contributed by atoms with E-state index in [4.69, 9.17) is 15.3 Å². The second-order valence-corrected chi connectivity index (χ2v) is 6.62. The highest BCUT2D eigenvalue weighted by atomic mass is 19.4. The number of halogens is 6. The van der Waals surface area contributed by atoms with Crippen molar-refractivity contribution in [3.8, 4) is 0 Å². The summed E-state index contributed by atoms with van der Waals surface area (Å²) in [6, 6.07) is 2.90. The van der Waals surface area contributed by atoms with E-state index in [0.717, 1.165) is 44.0 Å². The Balaban J connectivity index is 0.000000323. The second-order valence-electron chi connectivity index (χ2n) is 6.62. The molecule has 0 bridgehead atoms. The lowest BCUT2D eigenvalue weighted by atomic mass is 10.1. The maximum absolute atomic E-state index is 13.3. The molecule has 1 atom stereocenters. The molecule has 2 N–H and O–H groups in total. The summed E-state index contributed by atoms with van der Waals surface area (Å²) >= 11 is 0. The predicted molar refractivity (Wildman–Crippen MR) is 105 cm³/mol. The summed E-state index contributed by atoms with van der Waals surface area (Å²) in [4.78, 5) is 17.9. The Morgan fingerprint density at radius 2 is 1.91 bits per heavy atom. The van der Waals surface area contributed by atoms with Crippen molar-refractivity contribution >= 4 is 12.2 Å². The highest BCUT2D eigenvalue weighted by Gasteiger charge is 2.33. The summed E-state index contributed by atoms with van der Waals surface area (Å²) < 4.78 is 78.8. The number of carbonyl (C=O) groups is 1. The number of likely N-dealkylation sites (tertiary alicyclic amines) is 1. The zero-order valence-corrected chi connectivity index (χ0v) is 17.1. The number of nitrogen functional groups attached to an aromatic ring is 1. The van der Waals surface area contributed by atoms with Crippen LogP contribution in [-0.4, -0.2) is 47.4 Å². The Bertz CT molecular complexity index is 856. The van der Waals surface area contributed by atoms with Crippen molar-refractivity contribution in [3.63, 3.8) is 0 Å². The molecular weight excluding hydrogens is 442 g/mol. The molecule has 1 unspecified atom stereocenters. The topological polar surface area (TPSA) is 81.3 Å². The number of aldehydes is 1. The normalized spacial score (nSPS) is 15.8. The third-order valence-electron chi connectivity index (χ3n) is 3.94. The number of hydrogen-bond acceptors (Lipinski definition) is 6. The molecule has 3 rings (SSSR count). The fourth-order valence-corrected chi connectivity index (χ4v) is 2.45. The lowest BCUT2D eigenvalue weighted by Gasteiger charge is -2.13. The molecule has 0 aliphatic carbocycles. The van der Waals surface area contributed by atoms with E-state index < -0.39 is 29.2 Å². The summed E-state index contributed by atoms with van der Waals surface area (Å²) in [6.07, 6.45) is -1.61. The average Bonchev–Trinajstić information content (AvgIpc) is 3.14. The number of alkyl halides is 3. The monoisotopic (exact) mass is 464 g/mol. The zero-order chi connectivity index (χ0) is 24.3. The molecule has 6 nitrogen and oxygen atoms in total. The van der Waals surface area contributed by atoms with Crippen molar-refractivity contribution in [1.82, 2.24) is 14.9 Å². The van der Waals surface area contributed by atoms with E-state index in [2.05, 4.69) is 21.4 Å². The summed E-state index contributed by atoms with van der Waals surface area (Å²) in [5.41, 5.74) is 4.22. The fraction of sp³-hybridized carbons (Fsp3) is 0.350. The average molecular weight is 464 g/mol. The number of allylic oxidation sites excluding steroid dienone is 1. The van der Waals surface area contributed by atoms with E-state index in [-0.39, 0.29) is 24.9 Å². The molecule has 0 saturated carbocycles. The Morgan fingerprint density at radius 1 is 1.31 bits per heavy atom. The van der Waals surface area contributed by atoms with Gasteiger partial charge in [-0.05, 0) is 31.2 Å². The van der Waals surface area contributed by atoms with Gasteiger partial charge in [-0.3, -0.25) is 4.79 Å². The molecule has 1 aliphatic rings. The smallest absolute Gasteiger partial charge is 0.372 e. The number of nitrogens with zero attached hydrogens (tertiary/aromatic N) is 3. The van der Waals surface area contributed by atoms with E-state index in [9.17, 15) is 26.3 Å². The van der Waals surface area contributed by atoms with Crippen LogP contribution in [0.1, 0.15) is 17.5 Å². The van der Waals surface area contributed by atoms with E-state index in [1.165, 1.54) is 6.07 Å². The molecule has 0 radical (unpaired) electrons. The minimum atomic E-state index is -4.66. The Morgan fingerprint density at radius 3 is 2.31 bits per heavy atom. The van der Waals surface area contributed by atoms with Crippen LogP contribution < -0.4 is 5.73 Å². The van der Waals surface area contributed by atoms with Gasteiger partial charge in [0.25, 0.3) is 0 Å². The lowest BCUT2D eigenvalue weighted by Crippen LogP contribution is -2.19. The first-order chi connectivity index (χ1) is 14.9. The third-order valence-corrected chi connectivity index (χ3v) is 3.94. The van der Waals surface area contributed by atoms with Crippen LogP contribution in [0, 0.1) is 11.6 Å². The van der Waals surface area contributed by atoms with Crippen molar-refractivity contribution in [1.29, 1.82) is 0 Å². The van der Waals surface area contributed by atoms with Crippen LogP contribution in [0.4, 0.5) is 32.3 Å². The van der Waals surface area contributed by atoms with Gasteiger partial charge < -0.3 is 15.4 Å². The summed E-state index contributed by atoms with van der Waals surface area (Å²) in [5, 5.41) is 0.